The smallest absolute Gasteiger partial charge is 0.0509 e. The van der Waals surface area contributed by atoms with Crippen LogP contribution in [-0.4, -0.2) is 27.4 Å². The molecule has 0 N–H and O–H groups in total. The number of anilines is 9. The van der Waals surface area contributed by atoms with Gasteiger partial charge in [-0.15, -0.1) is 0 Å². The first-order valence-corrected chi connectivity index (χ1v) is 37.2. The monoisotopic (exact) mass is 1400 g/mol. The first-order valence-electron chi connectivity index (χ1n) is 37.2. The molecule has 108 heavy (non-hydrogen) atoms. The Bertz CT molecular complexity index is 6880. The van der Waals surface area contributed by atoms with E-state index in [0.717, 1.165) is 51.2 Å². The van der Waals surface area contributed by atoms with E-state index in [9.17, 15) is 0 Å². The Morgan fingerprint density at radius 1 is 0.148 bits per heavy atom. The van der Waals surface area contributed by atoms with Gasteiger partial charge < -0.3 is 42.1 Å². The van der Waals surface area contributed by atoms with Gasteiger partial charge in [-0.3, -0.25) is 0 Å². The fourth-order valence-corrected chi connectivity index (χ4v) is 17.2. The van der Waals surface area contributed by atoms with Crippen LogP contribution in [0.4, 0.5) is 51.2 Å². The predicted molar refractivity (Wildman–Crippen MR) is 461 cm³/mol. The highest BCUT2D eigenvalue weighted by atomic mass is 15.2. The van der Waals surface area contributed by atoms with E-state index in [1.54, 1.807) is 0 Å². The van der Waals surface area contributed by atoms with Crippen molar-refractivity contribution in [2.45, 2.75) is 20.8 Å². The molecule has 21 aromatic rings. The maximum Gasteiger partial charge on any atom is 0.0509 e. The van der Waals surface area contributed by atoms with Crippen molar-refractivity contribution in [3.05, 3.63) is 344 Å². The molecule has 15 aromatic carbocycles. The molecule has 0 bridgehead atoms. The predicted octanol–water partition coefficient (Wildman–Crippen LogP) is 26.3. The van der Waals surface area contributed by atoms with E-state index in [-0.39, 0.29) is 0 Å². The molecule has 0 atom stereocenters. The molecule has 0 radical (unpaired) electrons. The highest BCUT2D eigenvalue weighted by Gasteiger charge is 2.23. The largest absolute Gasteiger partial charge is 0.344 e. The third kappa shape index (κ3) is 10.7. The second kappa shape index (κ2) is 26.0. The van der Waals surface area contributed by atoms with E-state index in [0.29, 0.717) is 0 Å². The molecule has 522 valence electrons. The Morgan fingerprint density at radius 2 is 0.324 bits per heavy atom. The number of aromatic nitrogens is 6. The average Bonchev–Trinajstić information content (AvgIpc) is 1.69. The Labute approximate surface area is 627 Å². The molecule has 0 fully saturated rings. The molecule has 21 rings (SSSR count). The third-order valence-electron chi connectivity index (χ3n) is 22.8. The third-order valence-corrected chi connectivity index (χ3v) is 22.8. The number of fused-ring (bicyclic) bond motifs is 18. The molecular weight excluding hydrogens is 1320 g/mol. The van der Waals surface area contributed by atoms with E-state index in [4.69, 9.17) is 0 Å². The van der Waals surface area contributed by atoms with Gasteiger partial charge in [0, 0.05) is 191 Å². The summed E-state index contributed by atoms with van der Waals surface area (Å²) in [5, 5.41) is 15.4. The van der Waals surface area contributed by atoms with Crippen LogP contribution in [0.5, 0.6) is 0 Å². The van der Waals surface area contributed by atoms with E-state index in [1.807, 2.05) is 0 Å². The highest BCUT2D eigenvalue weighted by molar-refractivity contribution is 6.15. The molecule has 6 aromatic heterocycles. The topological polar surface area (TPSA) is 39.3 Å². The number of hydrogen-bond acceptors (Lipinski definition) is 3. The van der Waals surface area contributed by atoms with Crippen LogP contribution in [0.15, 0.2) is 328 Å². The van der Waals surface area contributed by atoms with Gasteiger partial charge in [0.15, 0.2) is 0 Å². The maximum absolute atomic E-state index is 2.41. The number of aryl methyl sites for hydroxylation is 9. The number of rotatable bonds is 9. The number of hydrogen-bond donors (Lipinski definition) is 0. The Morgan fingerprint density at radius 3 is 0.602 bits per heavy atom. The molecule has 0 aliphatic carbocycles. The van der Waals surface area contributed by atoms with Crippen LogP contribution in [0.2, 0.25) is 0 Å². The van der Waals surface area contributed by atoms with Crippen molar-refractivity contribution in [3.63, 3.8) is 0 Å². The quantitative estimate of drug-likeness (QED) is 0.145. The lowest BCUT2D eigenvalue weighted by molar-refractivity contribution is 1.01. The van der Waals surface area contributed by atoms with Gasteiger partial charge in [0.2, 0.25) is 0 Å². The summed E-state index contributed by atoms with van der Waals surface area (Å²) in [5.41, 5.74) is 29.0. The SMILES string of the molecule is Cc1ccc(N(c2ccc3c4ccccc4n(C)c3c2)c2ccc3c4ccccc4n(C)c3c2)cc1.Cc1ccc(N(c2ccccc2)c2ccc3c4ccccc4n(C)c3c2)cc1.Cc1ccc2c3ccc(N(c4ccc5c6ccccc6n(C)c5c4)c4ccc5c6ccccc6n(C)c5c4)cc3n(C)c2c1. The Balaban J connectivity index is 0.000000113. The van der Waals surface area contributed by atoms with Crippen molar-refractivity contribution < 1.29 is 0 Å². The van der Waals surface area contributed by atoms with Gasteiger partial charge in [0.25, 0.3) is 0 Å². The first kappa shape index (κ1) is 65.3. The summed E-state index contributed by atoms with van der Waals surface area (Å²) >= 11 is 0. The second-order valence-corrected chi connectivity index (χ2v) is 29.2. The first-order chi connectivity index (χ1) is 52.8. The molecular formula is C99H81N9. The van der Waals surface area contributed by atoms with Gasteiger partial charge in [0.05, 0.1) is 33.1 Å². The van der Waals surface area contributed by atoms with Gasteiger partial charge in [-0.05, 0) is 172 Å². The van der Waals surface area contributed by atoms with Crippen LogP contribution in [0.25, 0.3) is 131 Å². The van der Waals surface area contributed by atoms with E-state index in [1.165, 1.54) is 148 Å². The molecule has 6 heterocycles. The number of para-hydroxylation sites is 6. The molecule has 0 unspecified atom stereocenters. The van der Waals surface area contributed by atoms with Crippen LogP contribution >= 0.6 is 0 Å². The minimum atomic E-state index is 1.13. The zero-order chi connectivity index (χ0) is 73.2. The summed E-state index contributed by atoms with van der Waals surface area (Å²) in [5.74, 6) is 0. The molecule has 0 aliphatic rings. The van der Waals surface area contributed by atoms with Gasteiger partial charge in [-0.2, -0.15) is 0 Å². The minimum Gasteiger partial charge on any atom is -0.344 e. The summed E-state index contributed by atoms with van der Waals surface area (Å²) < 4.78 is 13.8. The lowest BCUT2D eigenvalue weighted by atomic mass is 10.1. The zero-order valence-electron chi connectivity index (χ0n) is 62.2. The summed E-state index contributed by atoms with van der Waals surface area (Å²) in [6, 6.07) is 119. The maximum atomic E-state index is 2.41. The molecule has 0 spiro atoms. The van der Waals surface area contributed by atoms with Crippen LogP contribution in [0.1, 0.15) is 16.7 Å². The van der Waals surface area contributed by atoms with Crippen LogP contribution in [0.3, 0.4) is 0 Å². The molecule has 9 nitrogen and oxygen atoms in total. The normalized spacial score (nSPS) is 11.8. The van der Waals surface area contributed by atoms with Crippen molar-refractivity contribution >= 4 is 182 Å². The average molecular weight is 1400 g/mol. The highest BCUT2D eigenvalue weighted by Crippen LogP contribution is 2.46. The van der Waals surface area contributed by atoms with Crippen molar-refractivity contribution in [1.29, 1.82) is 0 Å². The fraction of sp³-hybridized carbons (Fsp3) is 0.0909. The molecule has 0 saturated heterocycles. The molecule has 9 heteroatoms. The number of nitrogens with zero attached hydrogens (tertiary/aromatic N) is 9. The van der Waals surface area contributed by atoms with Gasteiger partial charge in [-0.1, -0.05) is 193 Å². The lowest BCUT2D eigenvalue weighted by Crippen LogP contribution is -2.10. The van der Waals surface area contributed by atoms with Crippen molar-refractivity contribution in [2.24, 2.45) is 42.3 Å². The molecule has 0 amide bonds. The minimum absolute atomic E-state index is 1.13. The van der Waals surface area contributed by atoms with Crippen LogP contribution in [-0.2, 0) is 42.3 Å². The van der Waals surface area contributed by atoms with Gasteiger partial charge >= 0.3 is 0 Å². The van der Waals surface area contributed by atoms with Gasteiger partial charge in [-0.25, -0.2) is 0 Å². The number of benzene rings is 15. The summed E-state index contributed by atoms with van der Waals surface area (Å²) in [4.78, 5) is 7.10. The Kier molecular flexibility index (Phi) is 15.7. The fourth-order valence-electron chi connectivity index (χ4n) is 17.2. The van der Waals surface area contributed by atoms with E-state index < -0.39 is 0 Å². The van der Waals surface area contributed by atoms with Crippen molar-refractivity contribution in [1.82, 2.24) is 27.4 Å². The standard InChI is InChI=1S/C40H32N4.C33H27N3.C26H22N2/c1-25-13-17-31-34-20-16-28(24-40(34)43(4)37(31)21-25)44(26-14-18-32-29-9-5-7-11-35(29)41(2)38(32)22-26)27-15-19-33-30-10-6-8-12-36(30)42(3)39(33)23-27;1-22-12-14-23(15-13-22)36(24-16-18-28-26-8-4-6-10-30(26)34(2)32(28)20-24)25-17-19-29-27-9-5-7-11-31(27)35(3)33(29)21-25;1-19-12-14-21(15-13-19)28(20-8-4-3-5-9-20)22-16-17-24-23-10-6-7-11-25(23)27(2)26(24)18-22/h5-24H,1-4H3;4-21H,1-3H3;3-18H,1-2H3. The Hall–Kier alpha value is -13.5. The summed E-state index contributed by atoms with van der Waals surface area (Å²) in [7, 11) is 13.0. The lowest BCUT2D eigenvalue weighted by Gasteiger charge is -2.26. The molecule has 0 saturated carbocycles. The van der Waals surface area contributed by atoms with E-state index in [2.05, 4.69) is 433 Å². The zero-order valence-corrected chi connectivity index (χ0v) is 62.2. The van der Waals surface area contributed by atoms with Crippen molar-refractivity contribution in [3.8, 4) is 0 Å². The second-order valence-electron chi connectivity index (χ2n) is 29.2. The summed E-state index contributed by atoms with van der Waals surface area (Å²) in [6.45, 7) is 6.42. The van der Waals surface area contributed by atoms with E-state index >= 15 is 0 Å². The summed E-state index contributed by atoms with van der Waals surface area (Å²) in [6.07, 6.45) is 0. The van der Waals surface area contributed by atoms with Crippen LogP contribution in [0, 0.1) is 20.8 Å². The van der Waals surface area contributed by atoms with Crippen LogP contribution < -0.4 is 14.7 Å². The van der Waals surface area contributed by atoms with Crippen molar-refractivity contribution in [2.75, 3.05) is 14.7 Å². The van der Waals surface area contributed by atoms with Gasteiger partial charge in [0.1, 0.15) is 0 Å². The molecule has 0 aliphatic heterocycles.